The number of rotatable bonds is 4. The van der Waals surface area contributed by atoms with E-state index < -0.39 is 10.0 Å². The van der Waals surface area contributed by atoms with E-state index in [4.69, 9.17) is 4.74 Å². The van der Waals surface area contributed by atoms with Crippen molar-refractivity contribution in [1.29, 1.82) is 0 Å². The van der Waals surface area contributed by atoms with E-state index in [0.717, 1.165) is 16.7 Å². The van der Waals surface area contributed by atoms with Gasteiger partial charge in [-0.05, 0) is 23.6 Å². The number of hydrogen-bond donors (Lipinski definition) is 0. The Kier molecular flexibility index (Phi) is 4.80. The zero-order chi connectivity index (χ0) is 16.3. The number of benzene rings is 2. The fraction of sp³-hybridized carbons (Fsp3) is 0.333. The summed E-state index contributed by atoms with van der Waals surface area (Å²) in [5.74, 6) is 0.0428. The Labute approximate surface area is 137 Å². The number of aryl methyl sites for hydroxylation is 1. The van der Waals surface area contributed by atoms with Gasteiger partial charge in [0.2, 0.25) is 10.0 Å². The summed E-state index contributed by atoms with van der Waals surface area (Å²) in [5, 5.41) is 0. The van der Waals surface area contributed by atoms with E-state index >= 15 is 0 Å². The van der Waals surface area contributed by atoms with Crippen LogP contribution in [-0.4, -0.2) is 32.4 Å². The molecule has 2 aromatic rings. The predicted molar refractivity (Wildman–Crippen MR) is 90.5 cm³/mol. The van der Waals surface area contributed by atoms with Gasteiger partial charge in [0, 0.05) is 13.1 Å². The minimum absolute atomic E-state index is 0.0428. The van der Waals surface area contributed by atoms with Gasteiger partial charge in [0.15, 0.2) is 0 Å². The van der Waals surface area contributed by atoms with E-state index in [1.807, 2.05) is 61.5 Å². The number of morpholine rings is 1. The lowest BCUT2D eigenvalue weighted by molar-refractivity contribution is -0.00260. The molecule has 5 heteroatoms. The first kappa shape index (κ1) is 16.2. The normalized spacial score (nSPS) is 19.6. The molecule has 23 heavy (non-hydrogen) atoms. The highest BCUT2D eigenvalue weighted by Gasteiger charge is 2.30. The van der Waals surface area contributed by atoms with Gasteiger partial charge in [-0.1, -0.05) is 54.6 Å². The lowest BCUT2D eigenvalue weighted by Gasteiger charge is -2.32. The highest BCUT2D eigenvalue weighted by atomic mass is 32.2. The van der Waals surface area contributed by atoms with Crippen LogP contribution in [-0.2, 0) is 20.5 Å². The molecule has 1 saturated heterocycles. The molecule has 0 radical (unpaired) electrons. The second kappa shape index (κ2) is 6.83. The Morgan fingerprint density at radius 2 is 1.78 bits per heavy atom. The molecule has 0 aromatic heterocycles. The van der Waals surface area contributed by atoms with Crippen molar-refractivity contribution in [2.45, 2.75) is 18.8 Å². The van der Waals surface area contributed by atoms with Crippen molar-refractivity contribution < 1.29 is 13.2 Å². The molecule has 0 bridgehead atoms. The molecule has 3 rings (SSSR count). The maximum absolute atomic E-state index is 12.8. The first-order chi connectivity index (χ1) is 11.1. The van der Waals surface area contributed by atoms with Gasteiger partial charge in [-0.3, -0.25) is 0 Å². The molecule has 0 amide bonds. The molecule has 0 aliphatic carbocycles. The van der Waals surface area contributed by atoms with E-state index in [-0.39, 0.29) is 11.9 Å². The van der Waals surface area contributed by atoms with E-state index in [1.54, 1.807) is 4.31 Å². The molecule has 0 spiro atoms. The monoisotopic (exact) mass is 331 g/mol. The lowest BCUT2D eigenvalue weighted by atomic mass is 10.1. The second-order valence-electron chi connectivity index (χ2n) is 5.81. The van der Waals surface area contributed by atoms with Crippen molar-refractivity contribution in [3.8, 4) is 0 Å². The number of hydrogen-bond acceptors (Lipinski definition) is 3. The summed E-state index contributed by atoms with van der Waals surface area (Å²) in [6.45, 7) is 3.15. The predicted octanol–water partition coefficient (Wildman–Crippen LogP) is 2.90. The van der Waals surface area contributed by atoms with Crippen molar-refractivity contribution >= 4 is 10.0 Å². The van der Waals surface area contributed by atoms with Crippen LogP contribution in [0.5, 0.6) is 0 Å². The van der Waals surface area contributed by atoms with Crippen LogP contribution >= 0.6 is 0 Å². The van der Waals surface area contributed by atoms with Gasteiger partial charge in [-0.2, -0.15) is 4.31 Å². The summed E-state index contributed by atoms with van der Waals surface area (Å²) in [7, 11) is -3.35. The molecule has 1 heterocycles. The quantitative estimate of drug-likeness (QED) is 0.865. The summed E-state index contributed by atoms with van der Waals surface area (Å²) in [6.07, 6.45) is -0.198. The minimum atomic E-state index is -3.35. The lowest BCUT2D eigenvalue weighted by Crippen LogP contribution is -2.42. The highest BCUT2D eigenvalue weighted by molar-refractivity contribution is 7.88. The van der Waals surface area contributed by atoms with Crippen LogP contribution in [0.15, 0.2) is 54.6 Å². The average molecular weight is 331 g/mol. The molecule has 1 aliphatic heterocycles. The highest BCUT2D eigenvalue weighted by Crippen LogP contribution is 2.25. The SMILES string of the molecule is Cc1ccccc1CS(=O)(=O)N1CCOC(c2ccccc2)C1. The Morgan fingerprint density at radius 3 is 2.52 bits per heavy atom. The molecular formula is C18H21NO3S. The number of ether oxygens (including phenoxy) is 1. The average Bonchev–Trinajstić information content (AvgIpc) is 2.58. The maximum Gasteiger partial charge on any atom is 0.218 e. The number of sulfonamides is 1. The third-order valence-corrected chi connectivity index (χ3v) is 5.99. The van der Waals surface area contributed by atoms with Gasteiger partial charge in [0.1, 0.15) is 0 Å². The van der Waals surface area contributed by atoms with E-state index in [9.17, 15) is 8.42 Å². The minimum Gasteiger partial charge on any atom is -0.371 e. The van der Waals surface area contributed by atoms with Gasteiger partial charge in [0.25, 0.3) is 0 Å². The van der Waals surface area contributed by atoms with Gasteiger partial charge < -0.3 is 4.74 Å². The van der Waals surface area contributed by atoms with Crippen LogP contribution < -0.4 is 0 Å². The molecule has 1 atom stereocenters. The molecule has 122 valence electrons. The van der Waals surface area contributed by atoms with Gasteiger partial charge >= 0.3 is 0 Å². The van der Waals surface area contributed by atoms with Crippen molar-refractivity contribution in [1.82, 2.24) is 4.31 Å². The molecule has 1 aliphatic rings. The Morgan fingerprint density at radius 1 is 1.09 bits per heavy atom. The van der Waals surface area contributed by atoms with Crippen LogP contribution in [0.2, 0.25) is 0 Å². The van der Waals surface area contributed by atoms with Gasteiger partial charge in [-0.15, -0.1) is 0 Å². The molecule has 1 unspecified atom stereocenters. The van der Waals surface area contributed by atoms with Crippen molar-refractivity contribution in [2.24, 2.45) is 0 Å². The van der Waals surface area contributed by atoms with Crippen molar-refractivity contribution in [3.05, 3.63) is 71.3 Å². The molecule has 0 N–H and O–H groups in total. The molecule has 0 saturated carbocycles. The van der Waals surface area contributed by atoms with E-state index in [1.165, 1.54) is 0 Å². The topological polar surface area (TPSA) is 46.6 Å². The fourth-order valence-electron chi connectivity index (χ4n) is 2.81. The first-order valence-electron chi connectivity index (χ1n) is 7.75. The largest absolute Gasteiger partial charge is 0.371 e. The summed E-state index contributed by atoms with van der Waals surface area (Å²) >= 11 is 0. The maximum atomic E-state index is 12.8. The van der Waals surface area contributed by atoms with E-state index in [0.29, 0.717) is 19.7 Å². The van der Waals surface area contributed by atoms with Crippen LogP contribution in [0.1, 0.15) is 22.8 Å². The summed E-state index contributed by atoms with van der Waals surface area (Å²) in [5.41, 5.74) is 2.88. The van der Waals surface area contributed by atoms with Crippen molar-refractivity contribution in [2.75, 3.05) is 19.7 Å². The molecule has 4 nitrogen and oxygen atoms in total. The fourth-order valence-corrected chi connectivity index (χ4v) is 4.42. The van der Waals surface area contributed by atoms with Gasteiger partial charge in [0.05, 0.1) is 18.5 Å². The van der Waals surface area contributed by atoms with Crippen LogP contribution in [0.4, 0.5) is 0 Å². The third-order valence-electron chi connectivity index (χ3n) is 4.19. The Balaban J connectivity index is 1.76. The standard InChI is InChI=1S/C18H21NO3S/c1-15-7-5-6-10-17(15)14-23(20,21)19-11-12-22-18(13-19)16-8-3-2-4-9-16/h2-10,18H,11-14H2,1H3. The molecular weight excluding hydrogens is 310 g/mol. The number of nitrogens with zero attached hydrogens (tertiary/aromatic N) is 1. The van der Waals surface area contributed by atoms with Gasteiger partial charge in [-0.25, -0.2) is 8.42 Å². The Hall–Kier alpha value is -1.69. The zero-order valence-corrected chi connectivity index (χ0v) is 14.0. The van der Waals surface area contributed by atoms with Crippen molar-refractivity contribution in [3.63, 3.8) is 0 Å². The van der Waals surface area contributed by atoms with Crippen LogP contribution in [0, 0.1) is 6.92 Å². The third kappa shape index (κ3) is 3.80. The first-order valence-corrected chi connectivity index (χ1v) is 9.36. The second-order valence-corrected chi connectivity index (χ2v) is 7.78. The summed E-state index contributed by atoms with van der Waals surface area (Å²) in [6, 6.07) is 17.4. The van der Waals surface area contributed by atoms with Crippen LogP contribution in [0.25, 0.3) is 0 Å². The van der Waals surface area contributed by atoms with Crippen LogP contribution in [0.3, 0.4) is 0 Å². The zero-order valence-electron chi connectivity index (χ0n) is 13.2. The van der Waals surface area contributed by atoms with E-state index in [2.05, 4.69) is 0 Å². The summed E-state index contributed by atoms with van der Waals surface area (Å²) < 4.78 is 32.8. The Bertz CT molecular complexity index is 759. The molecule has 2 aromatic carbocycles. The summed E-state index contributed by atoms with van der Waals surface area (Å²) in [4.78, 5) is 0. The smallest absolute Gasteiger partial charge is 0.218 e. The molecule has 1 fully saturated rings.